The fourth-order valence-corrected chi connectivity index (χ4v) is 2.42. The van der Waals surface area contributed by atoms with Gasteiger partial charge in [-0.3, -0.25) is 9.59 Å². The molecule has 1 unspecified atom stereocenters. The van der Waals surface area contributed by atoms with Crippen LogP contribution in [0.25, 0.3) is 0 Å². The standard InChI is InChI=1S/C16H18F3NO4/c1-9(2)14-15(22)20(7-6-13(21)23-3)11-8-10(16(17,18)19)4-5-12(11)24-14/h4-5,8-9,14H,6-7H2,1-3H3. The van der Waals surface area contributed by atoms with Crippen molar-refractivity contribution < 1.29 is 32.2 Å². The molecule has 0 radical (unpaired) electrons. The van der Waals surface area contributed by atoms with Crippen LogP contribution < -0.4 is 9.64 Å². The average molecular weight is 345 g/mol. The van der Waals surface area contributed by atoms with Crippen molar-refractivity contribution in [2.75, 3.05) is 18.6 Å². The summed E-state index contributed by atoms with van der Waals surface area (Å²) < 4.78 is 48.9. The summed E-state index contributed by atoms with van der Waals surface area (Å²) in [5.74, 6) is -1.01. The van der Waals surface area contributed by atoms with E-state index < -0.39 is 29.7 Å². The molecule has 2 rings (SSSR count). The molecule has 0 fully saturated rings. The molecule has 1 amide bonds. The summed E-state index contributed by atoms with van der Waals surface area (Å²) in [6, 6.07) is 2.97. The molecule has 1 aromatic rings. The largest absolute Gasteiger partial charge is 0.478 e. The fourth-order valence-electron chi connectivity index (χ4n) is 2.42. The van der Waals surface area contributed by atoms with Gasteiger partial charge in [-0.15, -0.1) is 0 Å². The number of ether oxygens (including phenoxy) is 2. The number of hydrogen-bond donors (Lipinski definition) is 0. The molecule has 0 saturated carbocycles. The predicted molar refractivity (Wildman–Crippen MR) is 79.7 cm³/mol. The Morgan fingerprint density at radius 3 is 2.58 bits per heavy atom. The molecular formula is C16H18F3NO4. The van der Waals surface area contributed by atoms with Gasteiger partial charge >= 0.3 is 12.1 Å². The molecule has 0 spiro atoms. The van der Waals surface area contributed by atoms with Gasteiger partial charge in [0.05, 0.1) is 24.8 Å². The third-order valence-electron chi connectivity index (χ3n) is 3.71. The van der Waals surface area contributed by atoms with Gasteiger partial charge in [0, 0.05) is 6.54 Å². The van der Waals surface area contributed by atoms with E-state index in [-0.39, 0.29) is 30.3 Å². The van der Waals surface area contributed by atoms with E-state index in [4.69, 9.17) is 4.74 Å². The van der Waals surface area contributed by atoms with Crippen LogP contribution in [-0.2, 0) is 20.5 Å². The van der Waals surface area contributed by atoms with Crippen LogP contribution in [0.15, 0.2) is 18.2 Å². The van der Waals surface area contributed by atoms with Gasteiger partial charge in [0.1, 0.15) is 5.75 Å². The highest BCUT2D eigenvalue weighted by atomic mass is 19.4. The first-order chi connectivity index (χ1) is 11.1. The second kappa shape index (κ2) is 6.70. The van der Waals surface area contributed by atoms with Crippen LogP contribution in [-0.4, -0.2) is 31.6 Å². The van der Waals surface area contributed by atoms with E-state index in [0.29, 0.717) is 0 Å². The number of amides is 1. The van der Waals surface area contributed by atoms with E-state index in [0.717, 1.165) is 17.0 Å². The topological polar surface area (TPSA) is 55.8 Å². The number of methoxy groups -OCH3 is 1. The number of halogens is 3. The number of alkyl halides is 3. The lowest BCUT2D eigenvalue weighted by Crippen LogP contribution is -2.49. The van der Waals surface area contributed by atoms with Crippen molar-refractivity contribution in [3.05, 3.63) is 23.8 Å². The van der Waals surface area contributed by atoms with E-state index in [9.17, 15) is 22.8 Å². The molecule has 0 saturated heterocycles. The quantitative estimate of drug-likeness (QED) is 0.787. The highest BCUT2D eigenvalue weighted by molar-refractivity contribution is 6.00. The van der Waals surface area contributed by atoms with Crippen molar-refractivity contribution in [2.45, 2.75) is 32.5 Å². The normalized spacial score (nSPS) is 17.5. The van der Waals surface area contributed by atoms with Crippen molar-refractivity contribution in [1.82, 2.24) is 0 Å². The molecule has 0 bridgehead atoms. The highest BCUT2D eigenvalue weighted by Crippen LogP contribution is 2.40. The Bertz CT molecular complexity index is 643. The number of benzene rings is 1. The van der Waals surface area contributed by atoms with Gasteiger partial charge in [0.25, 0.3) is 5.91 Å². The summed E-state index contributed by atoms with van der Waals surface area (Å²) in [5.41, 5.74) is -0.876. The number of rotatable bonds is 4. The minimum absolute atomic E-state index is 0.00984. The SMILES string of the molecule is COC(=O)CCN1C(=O)C(C(C)C)Oc2ccc(C(F)(F)F)cc21. The van der Waals surface area contributed by atoms with Crippen LogP contribution in [0.4, 0.5) is 18.9 Å². The lowest BCUT2D eigenvalue weighted by Gasteiger charge is -2.36. The fraction of sp³-hybridized carbons (Fsp3) is 0.500. The second-order valence-corrected chi connectivity index (χ2v) is 5.78. The smallest absolute Gasteiger partial charge is 0.416 e. The van der Waals surface area contributed by atoms with Gasteiger partial charge in [0.2, 0.25) is 0 Å². The first-order valence-corrected chi connectivity index (χ1v) is 7.41. The summed E-state index contributed by atoms with van der Waals surface area (Å²) >= 11 is 0. The van der Waals surface area contributed by atoms with Crippen LogP contribution in [0.3, 0.4) is 0 Å². The summed E-state index contributed by atoms with van der Waals surface area (Å²) in [6.07, 6.45) is -5.48. The van der Waals surface area contributed by atoms with E-state index in [1.807, 2.05) is 0 Å². The maximum absolute atomic E-state index is 12.9. The molecular weight excluding hydrogens is 327 g/mol. The first-order valence-electron chi connectivity index (χ1n) is 7.41. The molecule has 132 valence electrons. The summed E-state index contributed by atoms with van der Waals surface area (Å²) in [7, 11) is 1.20. The minimum Gasteiger partial charge on any atom is -0.478 e. The molecule has 0 N–H and O–H groups in total. The van der Waals surface area contributed by atoms with Crippen molar-refractivity contribution in [2.24, 2.45) is 5.92 Å². The van der Waals surface area contributed by atoms with Gasteiger partial charge in [-0.1, -0.05) is 13.8 Å². The van der Waals surface area contributed by atoms with Crippen molar-refractivity contribution >= 4 is 17.6 Å². The minimum atomic E-state index is -4.54. The Morgan fingerprint density at radius 1 is 1.38 bits per heavy atom. The Labute approximate surface area is 137 Å². The monoisotopic (exact) mass is 345 g/mol. The number of carbonyl (C=O) groups is 2. The van der Waals surface area contributed by atoms with E-state index >= 15 is 0 Å². The Morgan fingerprint density at radius 2 is 2.04 bits per heavy atom. The van der Waals surface area contributed by atoms with Crippen LogP contribution in [0, 0.1) is 5.92 Å². The number of carbonyl (C=O) groups excluding carboxylic acids is 2. The molecule has 1 atom stereocenters. The van der Waals surface area contributed by atoms with Crippen LogP contribution in [0.2, 0.25) is 0 Å². The van der Waals surface area contributed by atoms with Crippen molar-refractivity contribution in [1.29, 1.82) is 0 Å². The zero-order valence-electron chi connectivity index (χ0n) is 13.5. The number of anilines is 1. The number of esters is 1. The van der Waals surface area contributed by atoms with E-state index in [2.05, 4.69) is 4.74 Å². The molecule has 1 aromatic carbocycles. The van der Waals surface area contributed by atoms with E-state index in [1.54, 1.807) is 13.8 Å². The second-order valence-electron chi connectivity index (χ2n) is 5.78. The van der Waals surface area contributed by atoms with Gasteiger partial charge in [-0.25, -0.2) is 0 Å². The number of fused-ring (bicyclic) bond motifs is 1. The zero-order chi connectivity index (χ0) is 18.1. The zero-order valence-corrected chi connectivity index (χ0v) is 13.5. The molecule has 1 aliphatic rings. The summed E-state index contributed by atoms with van der Waals surface area (Å²) in [5, 5.41) is 0. The maximum Gasteiger partial charge on any atom is 0.416 e. The molecule has 1 heterocycles. The van der Waals surface area contributed by atoms with Crippen molar-refractivity contribution in [3.8, 4) is 5.75 Å². The van der Waals surface area contributed by atoms with Crippen molar-refractivity contribution in [3.63, 3.8) is 0 Å². The molecule has 5 nitrogen and oxygen atoms in total. The Kier molecular flexibility index (Phi) is 5.05. The predicted octanol–water partition coefficient (Wildman–Crippen LogP) is 3.02. The third-order valence-corrected chi connectivity index (χ3v) is 3.71. The molecule has 0 aliphatic carbocycles. The number of nitrogens with zero attached hydrogens (tertiary/aromatic N) is 1. The molecule has 0 aromatic heterocycles. The third kappa shape index (κ3) is 3.63. The Balaban J connectivity index is 2.42. The van der Waals surface area contributed by atoms with Crippen LogP contribution in [0.1, 0.15) is 25.8 Å². The van der Waals surface area contributed by atoms with Crippen LogP contribution >= 0.6 is 0 Å². The average Bonchev–Trinajstić information content (AvgIpc) is 2.51. The molecule has 1 aliphatic heterocycles. The lowest BCUT2D eigenvalue weighted by atomic mass is 10.0. The van der Waals surface area contributed by atoms with Gasteiger partial charge in [0.15, 0.2) is 6.10 Å². The maximum atomic E-state index is 12.9. The summed E-state index contributed by atoms with van der Waals surface area (Å²) in [6.45, 7) is 3.47. The molecule has 24 heavy (non-hydrogen) atoms. The summed E-state index contributed by atoms with van der Waals surface area (Å²) in [4.78, 5) is 25.1. The van der Waals surface area contributed by atoms with Gasteiger partial charge in [-0.2, -0.15) is 13.2 Å². The first kappa shape index (κ1) is 18.1. The van der Waals surface area contributed by atoms with Gasteiger partial charge in [-0.05, 0) is 24.1 Å². The van der Waals surface area contributed by atoms with Gasteiger partial charge < -0.3 is 14.4 Å². The number of hydrogen-bond acceptors (Lipinski definition) is 4. The highest BCUT2D eigenvalue weighted by Gasteiger charge is 2.39. The van der Waals surface area contributed by atoms with E-state index in [1.165, 1.54) is 13.2 Å². The van der Waals surface area contributed by atoms with Crippen LogP contribution in [0.5, 0.6) is 5.75 Å². The molecule has 8 heteroatoms. The Hall–Kier alpha value is -2.25. The lowest BCUT2D eigenvalue weighted by molar-refractivity contribution is -0.141.